The second-order valence-corrected chi connectivity index (χ2v) is 6.00. The Labute approximate surface area is 153 Å². The first-order valence-corrected chi connectivity index (χ1v) is 8.25. The SMILES string of the molecule is N#Cc1ccccc1Nc1ccc(C(=O)Nc2ccccc2Br)nc1. The molecule has 0 radical (unpaired) electrons. The number of hydrogen-bond donors (Lipinski definition) is 2. The molecule has 0 spiro atoms. The van der Waals surface area contributed by atoms with Crippen LogP contribution in [0, 0.1) is 11.3 Å². The Hall–Kier alpha value is -3.17. The standard InChI is InChI=1S/C19H13BrN4O/c20-15-6-2-4-8-17(15)24-19(25)18-10-9-14(12-22-18)23-16-7-3-1-5-13(16)11-21/h1-10,12,23H,(H,24,25). The fraction of sp³-hybridized carbons (Fsp3) is 0. The molecule has 0 saturated carbocycles. The highest BCUT2D eigenvalue weighted by Gasteiger charge is 2.10. The van der Waals surface area contributed by atoms with E-state index in [1.807, 2.05) is 30.3 Å². The number of nitrogens with zero attached hydrogens (tertiary/aromatic N) is 2. The highest BCUT2D eigenvalue weighted by Crippen LogP contribution is 2.22. The molecule has 0 aliphatic rings. The summed E-state index contributed by atoms with van der Waals surface area (Å²) in [5, 5.41) is 15.0. The molecule has 0 bridgehead atoms. The summed E-state index contributed by atoms with van der Waals surface area (Å²) in [4.78, 5) is 16.5. The summed E-state index contributed by atoms with van der Waals surface area (Å²) in [6.07, 6.45) is 1.56. The van der Waals surface area contributed by atoms with Crippen LogP contribution in [0.5, 0.6) is 0 Å². The van der Waals surface area contributed by atoms with E-state index in [4.69, 9.17) is 5.26 Å². The van der Waals surface area contributed by atoms with Gasteiger partial charge < -0.3 is 10.6 Å². The Morgan fingerprint density at radius 1 is 1.00 bits per heavy atom. The molecule has 0 aliphatic heterocycles. The van der Waals surface area contributed by atoms with Gasteiger partial charge in [0, 0.05) is 4.47 Å². The summed E-state index contributed by atoms with van der Waals surface area (Å²) in [5.41, 5.74) is 2.91. The molecular weight excluding hydrogens is 380 g/mol. The van der Waals surface area contributed by atoms with Gasteiger partial charge in [0.25, 0.3) is 5.91 Å². The lowest BCUT2D eigenvalue weighted by Gasteiger charge is -2.09. The molecule has 2 aromatic carbocycles. The molecule has 25 heavy (non-hydrogen) atoms. The van der Waals surface area contributed by atoms with Crippen LogP contribution in [0.15, 0.2) is 71.3 Å². The maximum atomic E-state index is 12.3. The largest absolute Gasteiger partial charge is 0.353 e. The molecular formula is C19H13BrN4O. The van der Waals surface area contributed by atoms with E-state index in [0.717, 1.165) is 4.47 Å². The number of amides is 1. The van der Waals surface area contributed by atoms with Gasteiger partial charge >= 0.3 is 0 Å². The number of aromatic nitrogens is 1. The minimum atomic E-state index is -0.295. The average molecular weight is 393 g/mol. The Kier molecular flexibility index (Phi) is 5.07. The lowest BCUT2D eigenvalue weighted by molar-refractivity contribution is 0.102. The van der Waals surface area contributed by atoms with E-state index in [1.54, 1.807) is 36.5 Å². The maximum Gasteiger partial charge on any atom is 0.274 e. The van der Waals surface area contributed by atoms with Crippen LogP contribution in [0.1, 0.15) is 16.1 Å². The van der Waals surface area contributed by atoms with Gasteiger partial charge in [-0.3, -0.25) is 4.79 Å². The van der Waals surface area contributed by atoms with E-state index >= 15 is 0 Å². The van der Waals surface area contributed by atoms with Crippen molar-refractivity contribution in [3.05, 3.63) is 82.6 Å². The molecule has 0 unspecified atom stereocenters. The molecule has 0 atom stereocenters. The van der Waals surface area contributed by atoms with Crippen molar-refractivity contribution in [2.75, 3.05) is 10.6 Å². The number of halogens is 1. The molecule has 1 aromatic heterocycles. The average Bonchev–Trinajstić information content (AvgIpc) is 2.64. The van der Waals surface area contributed by atoms with E-state index in [-0.39, 0.29) is 5.91 Å². The van der Waals surface area contributed by atoms with Gasteiger partial charge in [0.2, 0.25) is 0 Å². The third kappa shape index (κ3) is 4.03. The van der Waals surface area contributed by atoms with Crippen LogP contribution in [-0.2, 0) is 0 Å². The lowest BCUT2D eigenvalue weighted by atomic mass is 10.2. The number of carbonyl (C=O) groups excluding carboxylic acids is 1. The Morgan fingerprint density at radius 2 is 1.72 bits per heavy atom. The predicted octanol–water partition coefficient (Wildman–Crippen LogP) is 4.71. The predicted molar refractivity (Wildman–Crippen MR) is 101 cm³/mol. The van der Waals surface area contributed by atoms with E-state index in [1.165, 1.54) is 0 Å². The Balaban J connectivity index is 1.73. The first kappa shape index (κ1) is 16.7. The number of nitriles is 1. The first-order chi connectivity index (χ1) is 12.2. The molecule has 0 fully saturated rings. The van der Waals surface area contributed by atoms with Crippen molar-refractivity contribution in [2.24, 2.45) is 0 Å². The summed E-state index contributed by atoms with van der Waals surface area (Å²) in [7, 11) is 0. The van der Waals surface area contributed by atoms with Gasteiger partial charge in [0.05, 0.1) is 28.8 Å². The van der Waals surface area contributed by atoms with Gasteiger partial charge in [0.15, 0.2) is 0 Å². The second kappa shape index (κ2) is 7.60. The van der Waals surface area contributed by atoms with Crippen molar-refractivity contribution in [3.63, 3.8) is 0 Å². The molecule has 0 saturated heterocycles. The molecule has 0 aliphatic carbocycles. The van der Waals surface area contributed by atoms with Gasteiger partial charge in [-0.1, -0.05) is 24.3 Å². The highest BCUT2D eigenvalue weighted by molar-refractivity contribution is 9.10. The quantitative estimate of drug-likeness (QED) is 0.673. The minimum Gasteiger partial charge on any atom is -0.353 e. The summed E-state index contributed by atoms with van der Waals surface area (Å²) in [5.74, 6) is -0.295. The molecule has 3 aromatic rings. The number of para-hydroxylation sites is 2. The van der Waals surface area contributed by atoms with E-state index in [2.05, 4.69) is 37.6 Å². The molecule has 6 heteroatoms. The summed E-state index contributed by atoms with van der Waals surface area (Å²) in [6, 6.07) is 20.1. The lowest BCUT2D eigenvalue weighted by Crippen LogP contribution is -2.13. The molecule has 3 rings (SSSR count). The molecule has 122 valence electrons. The molecule has 5 nitrogen and oxygen atoms in total. The van der Waals surface area contributed by atoms with Crippen LogP contribution in [-0.4, -0.2) is 10.9 Å². The Morgan fingerprint density at radius 3 is 2.40 bits per heavy atom. The third-order valence-electron chi connectivity index (χ3n) is 3.44. The first-order valence-electron chi connectivity index (χ1n) is 7.45. The zero-order valence-electron chi connectivity index (χ0n) is 13.0. The van der Waals surface area contributed by atoms with Gasteiger partial charge in [0.1, 0.15) is 11.8 Å². The minimum absolute atomic E-state index is 0.295. The summed E-state index contributed by atoms with van der Waals surface area (Å²) < 4.78 is 0.801. The normalized spacial score (nSPS) is 9.92. The van der Waals surface area contributed by atoms with Crippen molar-refractivity contribution in [3.8, 4) is 6.07 Å². The summed E-state index contributed by atoms with van der Waals surface area (Å²) in [6.45, 7) is 0. The van der Waals surface area contributed by atoms with Crippen LogP contribution in [0.3, 0.4) is 0 Å². The number of benzene rings is 2. The number of carbonyl (C=O) groups is 1. The third-order valence-corrected chi connectivity index (χ3v) is 4.14. The zero-order valence-corrected chi connectivity index (χ0v) is 14.6. The smallest absolute Gasteiger partial charge is 0.274 e. The van der Waals surface area contributed by atoms with Crippen LogP contribution >= 0.6 is 15.9 Å². The number of rotatable bonds is 4. The van der Waals surface area contributed by atoms with E-state index < -0.39 is 0 Å². The van der Waals surface area contributed by atoms with E-state index in [9.17, 15) is 4.79 Å². The fourth-order valence-electron chi connectivity index (χ4n) is 2.20. The van der Waals surface area contributed by atoms with Crippen LogP contribution in [0.25, 0.3) is 0 Å². The molecule has 2 N–H and O–H groups in total. The maximum absolute atomic E-state index is 12.3. The number of pyridine rings is 1. The molecule has 1 amide bonds. The zero-order chi connectivity index (χ0) is 17.6. The molecule has 1 heterocycles. The second-order valence-electron chi connectivity index (χ2n) is 5.15. The van der Waals surface area contributed by atoms with Crippen LogP contribution in [0.4, 0.5) is 17.1 Å². The highest BCUT2D eigenvalue weighted by atomic mass is 79.9. The van der Waals surface area contributed by atoms with Crippen LogP contribution in [0.2, 0.25) is 0 Å². The number of nitrogens with one attached hydrogen (secondary N) is 2. The van der Waals surface area contributed by atoms with Gasteiger partial charge in [-0.25, -0.2) is 4.98 Å². The van der Waals surface area contributed by atoms with Gasteiger partial charge in [-0.2, -0.15) is 5.26 Å². The fourth-order valence-corrected chi connectivity index (χ4v) is 2.58. The number of anilines is 3. The van der Waals surface area contributed by atoms with Crippen molar-refractivity contribution in [1.82, 2.24) is 4.98 Å². The Bertz CT molecular complexity index is 948. The van der Waals surface area contributed by atoms with Crippen molar-refractivity contribution >= 4 is 38.9 Å². The van der Waals surface area contributed by atoms with E-state index in [0.29, 0.717) is 28.3 Å². The van der Waals surface area contributed by atoms with Crippen LogP contribution < -0.4 is 10.6 Å². The van der Waals surface area contributed by atoms with Gasteiger partial charge in [-0.05, 0) is 52.3 Å². The monoisotopic (exact) mass is 392 g/mol. The van der Waals surface area contributed by atoms with Crippen molar-refractivity contribution in [1.29, 1.82) is 5.26 Å². The van der Waals surface area contributed by atoms with Gasteiger partial charge in [-0.15, -0.1) is 0 Å². The van der Waals surface area contributed by atoms with Crippen molar-refractivity contribution in [2.45, 2.75) is 0 Å². The topological polar surface area (TPSA) is 77.8 Å². The van der Waals surface area contributed by atoms with Crippen molar-refractivity contribution < 1.29 is 4.79 Å². The number of hydrogen-bond acceptors (Lipinski definition) is 4. The summed E-state index contributed by atoms with van der Waals surface area (Å²) >= 11 is 3.39.